The monoisotopic (exact) mass is 730 g/mol. The molecule has 0 saturated carbocycles. The zero-order valence-corrected chi connectivity index (χ0v) is 30.8. The van der Waals surface area contributed by atoms with Crippen molar-refractivity contribution in [1.82, 2.24) is 9.13 Å². The van der Waals surface area contributed by atoms with Crippen molar-refractivity contribution in [2.24, 2.45) is 4.99 Å². The molecule has 1 N–H and O–H groups in total. The van der Waals surface area contributed by atoms with Gasteiger partial charge in [-0.25, -0.2) is 0 Å². The largest absolute Gasteiger partial charge is 0.452 e. The van der Waals surface area contributed by atoms with Crippen LogP contribution in [-0.4, -0.2) is 14.8 Å². The Balaban J connectivity index is 0.982. The van der Waals surface area contributed by atoms with Gasteiger partial charge in [-0.1, -0.05) is 121 Å². The highest BCUT2D eigenvalue weighted by atomic mass is 16.3. The number of aromatic nitrogens is 2. The number of hydrogen-bond donors (Lipinski definition) is 1. The van der Waals surface area contributed by atoms with Crippen molar-refractivity contribution in [2.75, 3.05) is 5.32 Å². The second kappa shape index (κ2) is 12.4. The molecule has 4 heterocycles. The quantitative estimate of drug-likeness (QED) is 0.192. The third-order valence-corrected chi connectivity index (χ3v) is 11.5. The second-order valence-corrected chi connectivity index (χ2v) is 14.8. The van der Waals surface area contributed by atoms with Crippen LogP contribution in [0.5, 0.6) is 0 Å². The van der Waals surface area contributed by atoms with E-state index in [0.29, 0.717) is 0 Å². The van der Waals surface area contributed by atoms with Crippen LogP contribution < -0.4 is 5.32 Å². The lowest BCUT2D eigenvalue weighted by atomic mass is 10.0. The van der Waals surface area contributed by atoms with Crippen LogP contribution in [0.4, 0.5) is 5.69 Å². The standard InChI is InChI=1S/C52H34N4O/c1-3-14-33(15-4-1)49-51-50(41-22-9-12-25-48(41)57-51)54-52(53-49)36-16-13-19-38(30-36)56-45-24-11-8-21-40(45)43-32-35(27-29-47(43)56)34-26-28-46-42(31-34)39-20-7-10-23-44(39)55(46)37-17-5-2-6-18-37/h1-32,52,54H. The smallest absolute Gasteiger partial charge is 0.177 e. The minimum absolute atomic E-state index is 0.309. The maximum atomic E-state index is 6.42. The number of furan rings is 1. The van der Waals surface area contributed by atoms with Gasteiger partial charge in [-0.15, -0.1) is 0 Å². The maximum Gasteiger partial charge on any atom is 0.177 e. The van der Waals surface area contributed by atoms with Crippen molar-refractivity contribution in [3.05, 3.63) is 211 Å². The molecule has 1 aliphatic heterocycles. The number of fused-ring (bicyclic) bond motifs is 9. The van der Waals surface area contributed by atoms with Crippen LogP contribution in [0, 0.1) is 0 Å². The van der Waals surface area contributed by atoms with Crippen LogP contribution in [0.1, 0.15) is 23.1 Å². The number of anilines is 1. The first-order valence-electron chi connectivity index (χ1n) is 19.4. The van der Waals surface area contributed by atoms with E-state index in [-0.39, 0.29) is 6.17 Å². The minimum atomic E-state index is -0.309. The molecule has 0 spiro atoms. The first-order chi connectivity index (χ1) is 28.3. The average molecular weight is 731 g/mol. The van der Waals surface area contributed by atoms with Gasteiger partial charge in [0, 0.05) is 43.9 Å². The van der Waals surface area contributed by atoms with Crippen molar-refractivity contribution >= 4 is 66.0 Å². The molecule has 57 heavy (non-hydrogen) atoms. The number of aliphatic imine (C=N–C) groups is 1. The SMILES string of the molecule is c1ccc(C2=NC(c3cccc(-n4c5ccccc5c5cc(-c6ccc7c(c6)c6ccccc6n7-c6ccccc6)ccc54)c3)Nc3c2oc2ccccc32)cc1. The number of nitrogens with zero attached hydrogens (tertiary/aromatic N) is 3. The van der Waals surface area contributed by atoms with E-state index in [0.717, 1.165) is 61.7 Å². The fraction of sp³-hybridized carbons (Fsp3) is 0.0192. The molecule has 8 aromatic carbocycles. The third kappa shape index (κ3) is 4.92. The van der Waals surface area contributed by atoms with E-state index in [1.807, 2.05) is 30.3 Å². The fourth-order valence-corrected chi connectivity index (χ4v) is 8.94. The third-order valence-electron chi connectivity index (χ3n) is 11.5. The van der Waals surface area contributed by atoms with Gasteiger partial charge >= 0.3 is 0 Å². The van der Waals surface area contributed by atoms with E-state index in [4.69, 9.17) is 9.41 Å². The molecule has 0 aliphatic carbocycles. The molecule has 1 unspecified atom stereocenters. The summed E-state index contributed by atoms with van der Waals surface area (Å²) < 4.78 is 11.2. The van der Waals surface area contributed by atoms with E-state index >= 15 is 0 Å². The van der Waals surface area contributed by atoms with E-state index < -0.39 is 0 Å². The second-order valence-electron chi connectivity index (χ2n) is 14.8. The van der Waals surface area contributed by atoms with E-state index in [1.54, 1.807) is 0 Å². The van der Waals surface area contributed by atoms with Gasteiger partial charge in [0.25, 0.3) is 0 Å². The lowest BCUT2D eigenvalue weighted by Crippen LogP contribution is -2.19. The van der Waals surface area contributed by atoms with Crippen LogP contribution in [0.25, 0.3) is 77.1 Å². The number of rotatable bonds is 5. The topological polar surface area (TPSA) is 47.4 Å². The van der Waals surface area contributed by atoms with Crippen LogP contribution in [-0.2, 0) is 0 Å². The van der Waals surface area contributed by atoms with Gasteiger partial charge in [-0.2, -0.15) is 0 Å². The fourth-order valence-electron chi connectivity index (χ4n) is 8.94. The van der Waals surface area contributed by atoms with Gasteiger partial charge in [-0.05, 0) is 89.5 Å². The predicted molar refractivity (Wildman–Crippen MR) is 235 cm³/mol. The molecule has 3 aromatic heterocycles. The number of nitrogens with one attached hydrogen (secondary N) is 1. The number of benzene rings is 8. The molecular formula is C52H34N4O. The molecule has 11 aromatic rings. The summed E-state index contributed by atoms with van der Waals surface area (Å²) >= 11 is 0. The Kier molecular flexibility index (Phi) is 6.92. The number of para-hydroxylation sites is 4. The lowest BCUT2D eigenvalue weighted by Gasteiger charge is -2.24. The summed E-state index contributed by atoms with van der Waals surface area (Å²) in [6.45, 7) is 0. The highest BCUT2D eigenvalue weighted by Gasteiger charge is 2.28. The molecular weight excluding hydrogens is 697 g/mol. The van der Waals surface area contributed by atoms with Crippen LogP contribution in [0.2, 0.25) is 0 Å². The zero-order valence-electron chi connectivity index (χ0n) is 30.8. The van der Waals surface area contributed by atoms with E-state index in [9.17, 15) is 0 Å². The Labute approximate surface area is 328 Å². The van der Waals surface area contributed by atoms with Gasteiger partial charge < -0.3 is 18.9 Å². The first kappa shape index (κ1) is 31.7. The zero-order chi connectivity index (χ0) is 37.5. The van der Waals surface area contributed by atoms with Gasteiger partial charge in [0.1, 0.15) is 17.5 Å². The normalized spacial score (nSPS) is 14.0. The van der Waals surface area contributed by atoms with E-state index in [2.05, 4.69) is 178 Å². The van der Waals surface area contributed by atoms with Crippen LogP contribution >= 0.6 is 0 Å². The molecule has 5 heteroatoms. The minimum Gasteiger partial charge on any atom is -0.452 e. The van der Waals surface area contributed by atoms with Crippen molar-refractivity contribution in [3.8, 4) is 22.5 Å². The summed E-state index contributed by atoms with van der Waals surface area (Å²) in [4.78, 5) is 5.31. The summed E-state index contributed by atoms with van der Waals surface area (Å²) in [6.07, 6.45) is -0.309. The molecule has 0 amide bonds. The molecule has 268 valence electrons. The van der Waals surface area contributed by atoms with Gasteiger partial charge in [-0.3, -0.25) is 4.99 Å². The Bertz CT molecular complexity index is 3390. The van der Waals surface area contributed by atoms with Crippen molar-refractivity contribution in [3.63, 3.8) is 0 Å². The predicted octanol–water partition coefficient (Wildman–Crippen LogP) is 13.3. The highest BCUT2D eigenvalue weighted by molar-refractivity contribution is 6.19. The Hall–Kier alpha value is -7.63. The molecule has 0 radical (unpaired) electrons. The van der Waals surface area contributed by atoms with Gasteiger partial charge in [0.2, 0.25) is 0 Å². The molecule has 12 rings (SSSR count). The highest BCUT2D eigenvalue weighted by Crippen LogP contribution is 2.41. The van der Waals surface area contributed by atoms with E-state index in [1.165, 1.54) is 43.7 Å². The van der Waals surface area contributed by atoms with Crippen molar-refractivity contribution in [2.45, 2.75) is 6.17 Å². The number of hydrogen-bond acceptors (Lipinski definition) is 3. The van der Waals surface area contributed by atoms with Crippen molar-refractivity contribution in [1.29, 1.82) is 0 Å². The van der Waals surface area contributed by atoms with Crippen molar-refractivity contribution < 1.29 is 4.42 Å². The molecule has 1 atom stereocenters. The summed E-state index contributed by atoms with van der Waals surface area (Å²) in [5.74, 6) is 0.772. The molecule has 0 bridgehead atoms. The summed E-state index contributed by atoms with van der Waals surface area (Å²) in [5.41, 5.74) is 14.1. The Morgan fingerprint density at radius 1 is 0.421 bits per heavy atom. The van der Waals surface area contributed by atoms with Crippen LogP contribution in [0.3, 0.4) is 0 Å². The summed E-state index contributed by atoms with van der Waals surface area (Å²) in [5, 5.41) is 9.74. The average Bonchev–Trinajstić information content (AvgIpc) is 3.94. The molecule has 1 aliphatic rings. The molecule has 0 fully saturated rings. The molecule has 5 nitrogen and oxygen atoms in total. The molecule has 0 saturated heterocycles. The van der Waals surface area contributed by atoms with Gasteiger partial charge in [0.05, 0.1) is 27.8 Å². The Morgan fingerprint density at radius 3 is 1.65 bits per heavy atom. The Morgan fingerprint density at radius 2 is 0.965 bits per heavy atom. The van der Waals surface area contributed by atoms with Crippen LogP contribution in [0.15, 0.2) is 204 Å². The summed E-state index contributed by atoms with van der Waals surface area (Å²) in [7, 11) is 0. The first-order valence-corrected chi connectivity index (χ1v) is 19.4. The maximum absolute atomic E-state index is 6.42. The lowest BCUT2D eigenvalue weighted by molar-refractivity contribution is 0.599. The summed E-state index contributed by atoms with van der Waals surface area (Å²) in [6, 6.07) is 69.2. The van der Waals surface area contributed by atoms with Gasteiger partial charge in [0.15, 0.2) is 5.76 Å².